The van der Waals surface area contributed by atoms with Gasteiger partial charge in [0.25, 0.3) is 0 Å². The number of nitrogens with zero attached hydrogens (tertiary/aromatic N) is 6. The molecular weight excluding hydrogens is 692 g/mol. The van der Waals surface area contributed by atoms with Gasteiger partial charge < -0.3 is 19.7 Å². The van der Waals surface area contributed by atoms with Crippen molar-refractivity contribution in [2.45, 2.75) is 51.9 Å². The van der Waals surface area contributed by atoms with Crippen molar-refractivity contribution in [1.29, 1.82) is 0 Å². The average molecular weight is 713 g/mol. The number of aromatic nitrogens is 6. The van der Waals surface area contributed by atoms with Gasteiger partial charge in [0.15, 0.2) is 22.8 Å². The Balaban J connectivity index is 0.00000368. The number of alkyl halides is 6. The predicted octanol–water partition coefficient (Wildman–Crippen LogP) is -1.55. The third kappa shape index (κ3) is 8.08. The van der Waals surface area contributed by atoms with Crippen LogP contribution in [0.2, 0.25) is 0 Å². The summed E-state index contributed by atoms with van der Waals surface area (Å²) in [6, 6.07) is 0. The van der Waals surface area contributed by atoms with Crippen molar-refractivity contribution in [1.82, 2.24) is 29.5 Å². The first-order valence-corrected chi connectivity index (χ1v) is 14.4. The monoisotopic (exact) mass is 712 g/mol. The predicted molar refractivity (Wildman–Crippen MR) is 136 cm³/mol. The van der Waals surface area contributed by atoms with Crippen molar-refractivity contribution in [3.8, 4) is 22.0 Å². The zero-order chi connectivity index (χ0) is 32.6. The molecule has 0 saturated heterocycles. The van der Waals surface area contributed by atoms with Crippen LogP contribution in [0, 0.1) is 0 Å². The van der Waals surface area contributed by atoms with Gasteiger partial charge >= 0.3 is 83.4 Å². The number of halogens is 6. The van der Waals surface area contributed by atoms with Crippen LogP contribution in [0.4, 0.5) is 26.3 Å². The Kier molecular flexibility index (Phi) is 13.7. The number of thiazole rings is 2. The molecule has 0 fully saturated rings. The Morgan fingerprint density at radius 3 is 1.76 bits per heavy atom. The standard InChI is InChI=1S/C24H22F6N6O6S2.2Na/c1-4-7-10(13-15(23(25,26)27)33-36(18(13)38)22-32-12(9-44-22)20(40)42-6-3)14-16(24(28,29)30)35(34-17(14)37)21-31-11(8-43-21)19(39)41-5-2;;/h8-10,38H,4-7H2,1-3H3,(H,34,37);;/q;2*+1/p-2. The van der Waals surface area contributed by atoms with E-state index in [1.807, 2.05) is 0 Å². The average Bonchev–Trinajstić information content (AvgIpc) is 3.71. The minimum atomic E-state index is -5.38. The molecular formula is C24H20F6N6Na2O6S2. The molecule has 4 aromatic rings. The fraction of sp³-hybridized carbons (Fsp3) is 0.417. The van der Waals surface area contributed by atoms with Crippen LogP contribution in [-0.4, -0.2) is 54.7 Å². The zero-order valence-corrected chi connectivity index (χ0v) is 30.4. The molecule has 0 aliphatic heterocycles. The minimum Gasteiger partial charge on any atom is -0.858 e. The van der Waals surface area contributed by atoms with Crippen LogP contribution in [0.3, 0.4) is 0 Å². The van der Waals surface area contributed by atoms with E-state index in [2.05, 4.69) is 20.2 Å². The second-order valence-corrected chi connectivity index (χ2v) is 10.4. The Labute approximate surface area is 308 Å². The van der Waals surface area contributed by atoms with Gasteiger partial charge in [-0.15, -0.1) is 22.7 Å². The first-order chi connectivity index (χ1) is 20.6. The number of hydrogen-bond donors (Lipinski definition) is 0. The third-order valence-electron chi connectivity index (χ3n) is 5.89. The van der Waals surface area contributed by atoms with Crippen molar-refractivity contribution in [2.24, 2.45) is 0 Å². The molecule has 0 saturated carbocycles. The maximum absolute atomic E-state index is 14.6. The van der Waals surface area contributed by atoms with Crippen LogP contribution in [0.1, 0.15) is 83.0 Å². The van der Waals surface area contributed by atoms with Gasteiger partial charge in [0.1, 0.15) is 0 Å². The molecule has 4 rings (SSSR count). The second-order valence-electron chi connectivity index (χ2n) is 8.77. The van der Waals surface area contributed by atoms with Gasteiger partial charge in [-0.1, -0.05) is 13.3 Å². The molecule has 12 nitrogen and oxygen atoms in total. The van der Waals surface area contributed by atoms with E-state index in [0.29, 0.717) is 22.7 Å². The molecule has 4 heterocycles. The largest absolute Gasteiger partial charge is 1.00 e. The number of carbonyl (C=O) groups is 2. The summed E-state index contributed by atoms with van der Waals surface area (Å²) in [4.78, 5) is 31.6. The molecule has 0 aliphatic carbocycles. The number of hydrogen-bond acceptors (Lipinski definition) is 12. The SMILES string of the molecule is CCCC(c1c(C(F)(F)F)nn(-c2nc(C(=O)OCC)cs2)c1[O-])c1c([O-])nn(-c2nc(C(=O)OCC)cs2)c1C(F)(F)F.[Na+].[Na+]. The summed E-state index contributed by atoms with van der Waals surface area (Å²) in [5.74, 6) is -7.04. The molecule has 22 heteroatoms. The summed E-state index contributed by atoms with van der Waals surface area (Å²) >= 11 is 1.06. The maximum atomic E-state index is 14.6. The summed E-state index contributed by atoms with van der Waals surface area (Å²) in [7, 11) is 0. The molecule has 0 radical (unpaired) electrons. The van der Waals surface area contributed by atoms with E-state index in [1.165, 1.54) is 20.8 Å². The molecule has 46 heavy (non-hydrogen) atoms. The number of ether oxygens (including phenoxy) is 2. The van der Waals surface area contributed by atoms with E-state index in [-0.39, 0.29) is 99.5 Å². The first-order valence-electron chi connectivity index (χ1n) is 12.6. The Morgan fingerprint density at radius 1 is 0.826 bits per heavy atom. The molecule has 4 aromatic heterocycles. The van der Waals surface area contributed by atoms with Crippen LogP contribution < -0.4 is 69.3 Å². The molecule has 0 spiro atoms. The third-order valence-corrected chi connectivity index (χ3v) is 7.53. The zero-order valence-electron chi connectivity index (χ0n) is 24.8. The van der Waals surface area contributed by atoms with Gasteiger partial charge in [-0.2, -0.15) is 36.5 Å². The Morgan fingerprint density at radius 2 is 1.33 bits per heavy atom. The van der Waals surface area contributed by atoms with Crippen LogP contribution in [-0.2, 0) is 21.8 Å². The number of esters is 2. The Hall–Kier alpha value is -2.20. The van der Waals surface area contributed by atoms with Crippen molar-refractivity contribution in [3.63, 3.8) is 0 Å². The van der Waals surface area contributed by atoms with Gasteiger partial charge in [-0.05, 0) is 26.1 Å². The normalized spacial score (nSPS) is 12.3. The van der Waals surface area contributed by atoms with E-state index in [1.54, 1.807) is 0 Å². The van der Waals surface area contributed by atoms with E-state index in [9.17, 15) is 46.1 Å². The fourth-order valence-electron chi connectivity index (χ4n) is 4.25. The molecule has 238 valence electrons. The second kappa shape index (κ2) is 15.8. The van der Waals surface area contributed by atoms with Crippen LogP contribution >= 0.6 is 22.7 Å². The number of rotatable bonds is 10. The van der Waals surface area contributed by atoms with Crippen molar-refractivity contribution in [2.75, 3.05) is 13.2 Å². The fourth-order valence-corrected chi connectivity index (χ4v) is 5.74. The summed E-state index contributed by atoms with van der Waals surface area (Å²) in [6.07, 6.45) is -11.3. The molecule has 1 atom stereocenters. The van der Waals surface area contributed by atoms with Gasteiger partial charge in [0, 0.05) is 33.7 Å². The van der Waals surface area contributed by atoms with Crippen LogP contribution in [0.25, 0.3) is 10.3 Å². The van der Waals surface area contributed by atoms with E-state index in [0.717, 1.165) is 10.8 Å². The maximum Gasteiger partial charge on any atom is 1.00 e. The van der Waals surface area contributed by atoms with E-state index >= 15 is 0 Å². The van der Waals surface area contributed by atoms with Gasteiger partial charge in [0.05, 0.1) is 13.2 Å². The topological polar surface area (TPSA) is 160 Å². The van der Waals surface area contributed by atoms with Crippen molar-refractivity contribution in [3.05, 3.63) is 44.7 Å². The Bertz CT molecular complexity index is 1680. The molecule has 1 unspecified atom stereocenters. The molecule has 0 N–H and O–H groups in total. The van der Waals surface area contributed by atoms with Gasteiger partial charge in [-0.3, -0.25) is 0 Å². The first kappa shape index (κ1) is 40.0. The van der Waals surface area contributed by atoms with E-state index in [4.69, 9.17) is 9.47 Å². The van der Waals surface area contributed by atoms with Gasteiger partial charge in [-0.25, -0.2) is 28.9 Å². The summed E-state index contributed by atoms with van der Waals surface area (Å²) in [6.45, 7) is 4.31. The molecule has 0 amide bonds. The van der Waals surface area contributed by atoms with Crippen molar-refractivity contribution < 1.29 is 115 Å². The van der Waals surface area contributed by atoms with Crippen LogP contribution in [0.5, 0.6) is 11.8 Å². The summed E-state index contributed by atoms with van der Waals surface area (Å²) in [5.41, 5.74) is -6.81. The van der Waals surface area contributed by atoms with Crippen molar-refractivity contribution >= 4 is 34.6 Å². The molecule has 0 aromatic carbocycles. The summed E-state index contributed by atoms with van der Waals surface area (Å²) in [5, 5.41) is 34.4. The smallest absolute Gasteiger partial charge is 0.858 e. The van der Waals surface area contributed by atoms with Gasteiger partial charge in [0.2, 0.25) is 10.3 Å². The number of carbonyl (C=O) groups excluding carboxylic acids is 2. The van der Waals surface area contributed by atoms with E-state index < -0.39 is 81.2 Å². The minimum absolute atomic E-state index is 0. The quantitative estimate of drug-likeness (QED) is 0.107. The molecule has 0 aliphatic rings. The molecule has 0 bridgehead atoms. The van der Waals surface area contributed by atoms with Crippen LogP contribution in [0.15, 0.2) is 10.8 Å². The summed E-state index contributed by atoms with van der Waals surface area (Å²) < 4.78 is 96.4.